The van der Waals surface area contributed by atoms with Gasteiger partial charge in [0.05, 0.1) is 11.1 Å². The van der Waals surface area contributed by atoms with Crippen LogP contribution in [0.4, 0.5) is 11.5 Å². The second-order valence-corrected chi connectivity index (χ2v) is 6.01. The van der Waals surface area contributed by atoms with Crippen molar-refractivity contribution in [2.45, 2.75) is 26.2 Å². The van der Waals surface area contributed by atoms with Crippen molar-refractivity contribution < 1.29 is 4.79 Å². The SMILES string of the molecule is CCc1[nH]c2nc(CC3=Nc4ccccc4C3)nc(NN)c2c1C=O. The van der Waals surface area contributed by atoms with Crippen molar-refractivity contribution in [3.8, 4) is 0 Å². The normalized spacial score (nSPS) is 13.0. The number of nitrogen functional groups attached to an aromatic ring is 1. The molecule has 4 N–H and O–H groups in total. The average molecular weight is 334 g/mol. The number of anilines is 1. The van der Waals surface area contributed by atoms with Crippen LogP contribution in [0.1, 0.15) is 34.4 Å². The van der Waals surface area contributed by atoms with Gasteiger partial charge in [0.15, 0.2) is 12.1 Å². The molecule has 126 valence electrons. The number of aldehydes is 1. The van der Waals surface area contributed by atoms with Crippen LogP contribution in [0.25, 0.3) is 11.0 Å². The molecule has 4 rings (SSSR count). The maximum atomic E-state index is 11.5. The first-order valence-electron chi connectivity index (χ1n) is 8.21. The zero-order valence-corrected chi connectivity index (χ0v) is 13.8. The molecule has 0 bridgehead atoms. The number of aromatic amines is 1. The highest BCUT2D eigenvalue weighted by Crippen LogP contribution is 2.29. The molecule has 0 radical (unpaired) electrons. The summed E-state index contributed by atoms with van der Waals surface area (Å²) >= 11 is 0. The highest BCUT2D eigenvalue weighted by atomic mass is 16.1. The Balaban J connectivity index is 1.73. The van der Waals surface area contributed by atoms with Crippen molar-refractivity contribution in [2.24, 2.45) is 10.8 Å². The molecule has 25 heavy (non-hydrogen) atoms. The first kappa shape index (κ1) is 15.5. The molecule has 1 aliphatic heterocycles. The molecule has 3 heterocycles. The van der Waals surface area contributed by atoms with E-state index in [2.05, 4.69) is 31.4 Å². The predicted molar refractivity (Wildman–Crippen MR) is 97.4 cm³/mol. The fourth-order valence-corrected chi connectivity index (χ4v) is 3.29. The Morgan fingerprint density at radius 1 is 1.32 bits per heavy atom. The summed E-state index contributed by atoms with van der Waals surface area (Å²) in [5, 5.41) is 0.634. The van der Waals surface area contributed by atoms with Crippen LogP contribution in [0.3, 0.4) is 0 Å². The van der Waals surface area contributed by atoms with Crippen molar-refractivity contribution in [1.82, 2.24) is 15.0 Å². The number of hydrogen-bond donors (Lipinski definition) is 3. The Morgan fingerprint density at radius 3 is 2.88 bits per heavy atom. The van der Waals surface area contributed by atoms with E-state index in [-0.39, 0.29) is 0 Å². The fraction of sp³-hybridized carbons (Fsp3) is 0.222. The second-order valence-electron chi connectivity index (χ2n) is 6.01. The van der Waals surface area contributed by atoms with E-state index in [0.29, 0.717) is 41.1 Å². The topological polar surface area (TPSA) is 109 Å². The van der Waals surface area contributed by atoms with Crippen molar-refractivity contribution in [2.75, 3.05) is 5.43 Å². The Labute approximate surface area is 144 Å². The lowest BCUT2D eigenvalue weighted by molar-refractivity contribution is 0.112. The summed E-state index contributed by atoms with van der Waals surface area (Å²) in [4.78, 5) is 28.4. The first-order valence-corrected chi connectivity index (χ1v) is 8.21. The van der Waals surface area contributed by atoms with Gasteiger partial charge in [0.2, 0.25) is 0 Å². The van der Waals surface area contributed by atoms with Gasteiger partial charge in [0.25, 0.3) is 0 Å². The highest BCUT2D eigenvalue weighted by Gasteiger charge is 2.19. The van der Waals surface area contributed by atoms with E-state index >= 15 is 0 Å². The molecule has 7 nitrogen and oxygen atoms in total. The molecule has 1 aliphatic rings. The Kier molecular flexibility index (Phi) is 3.77. The first-order chi connectivity index (χ1) is 12.2. The molecule has 0 amide bonds. The van der Waals surface area contributed by atoms with Crippen LogP contribution >= 0.6 is 0 Å². The zero-order chi connectivity index (χ0) is 17.4. The van der Waals surface area contributed by atoms with Crippen LogP contribution in [0.5, 0.6) is 0 Å². The van der Waals surface area contributed by atoms with E-state index in [1.807, 2.05) is 25.1 Å². The lowest BCUT2D eigenvalue weighted by atomic mass is 10.1. The zero-order valence-electron chi connectivity index (χ0n) is 13.8. The quantitative estimate of drug-likeness (QED) is 0.377. The van der Waals surface area contributed by atoms with Gasteiger partial charge < -0.3 is 10.4 Å². The van der Waals surface area contributed by atoms with E-state index < -0.39 is 0 Å². The number of benzene rings is 1. The number of fused-ring (bicyclic) bond motifs is 2. The van der Waals surface area contributed by atoms with E-state index in [1.165, 1.54) is 5.56 Å². The Bertz CT molecular complexity index is 1000. The third-order valence-electron chi connectivity index (χ3n) is 4.45. The number of rotatable bonds is 5. The summed E-state index contributed by atoms with van der Waals surface area (Å²) in [5.74, 6) is 6.71. The average Bonchev–Trinajstić information content (AvgIpc) is 3.20. The number of hydrogen-bond acceptors (Lipinski definition) is 6. The Hall–Kier alpha value is -3.06. The van der Waals surface area contributed by atoms with Gasteiger partial charge in [-0.25, -0.2) is 15.8 Å². The van der Waals surface area contributed by atoms with Gasteiger partial charge in [0, 0.05) is 29.8 Å². The molecule has 0 spiro atoms. The number of nitrogens with two attached hydrogens (primary N) is 1. The monoisotopic (exact) mass is 334 g/mol. The van der Waals surface area contributed by atoms with Gasteiger partial charge >= 0.3 is 0 Å². The predicted octanol–water partition coefficient (Wildman–Crippen LogP) is 2.49. The van der Waals surface area contributed by atoms with Gasteiger partial charge in [-0.15, -0.1) is 0 Å². The number of hydrazine groups is 1. The molecule has 1 aromatic carbocycles. The maximum Gasteiger partial charge on any atom is 0.153 e. The van der Waals surface area contributed by atoms with Crippen LogP contribution in [0, 0.1) is 0 Å². The Morgan fingerprint density at radius 2 is 2.16 bits per heavy atom. The van der Waals surface area contributed by atoms with E-state index in [0.717, 1.165) is 29.8 Å². The fourth-order valence-electron chi connectivity index (χ4n) is 3.29. The number of nitrogens with zero attached hydrogens (tertiary/aromatic N) is 3. The lowest BCUT2D eigenvalue weighted by Crippen LogP contribution is -2.13. The summed E-state index contributed by atoms with van der Waals surface area (Å²) in [6.07, 6.45) is 2.86. The molecule has 3 aromatic rings. The highest BCUT2D eigenvalue weighted by molar-refractivity contribution is 6.03. The lowest BCUT2D eigenvalue weighted by Gasteiger charge is -2.06. The van der Waals surface area contributed by atoms with Crippen LogP contribution < -0.4 is 11.3 Å². The molecule has 0 unspecified atom stereocenters. The van der Waals surface area contributed by atoms with Gasteiger partial charge in [-0.1, -0.05) is 25.1 Å². The van der Waals surface area contributed by atoms with Crippen molar-refractivity contribution >= 4 is 34.5 Å². The standard InChI is InChI=1S/C18H18N6O/c1-2-13-12(9-25)16-17(21-13)22-15(23-18(16)24-19)8-11-7-10-5-3-4-6-14(10)20-11/h3-6,9H,2,7-8,19H2,1H3,(H2,21,22,23,24). The third-order valence-corrected chi connectivity index (χ3v) is 4.45. The molecule has 0 aliphatic carbocycles. The summed E-state index contributed by atoms with van der Waals surface area (Å²) < 4.78 is 0. The smallest absolute Gasteiger partial charge is 0.153 e. The van der Waals surface area contributed by atoms with Crippen molar-refractivity contribution in [1.29, 1.82) is 0 Å². The number of aryl methyl sites for hydroxylation is 1. The summed E-state index contributed by atoms with van der Waals surface area (Å²) in [6.45, 7) is 1.98. The number of H-pyrrole nitrogens is 1. The van der Waals surface area contributed by atoms with Crippen LogP contribution in [0.15, 0.2) is 29.3 Å². The molecule has 0 saturated carbocycles. The van der Waals surface area contributed by atoms with Gasteiger partial charge in [0.1, 0.15) is 11.5 Å². The van der Waals surface area contributed by atoms with Crippen molar-refractivity contribution in [3.05, 3.63) is 46.9 Å². The third kappa shape index (κ3) is 2.58. The summed E-state index contributed by atoms with van der Waals surface area (Å²) in [5.41, 5.74) is 7.84. The number of carbonyl (C=O) groups excluding carboxylic acids is 1. The minimum absolute atomic E-state index is 0.453. The molecule has 0 fully saturated rings. The maximum absolute atomic E-state index is 11.5. The summed E-state index contributed by atoms with van der Waals surface area (Å²) in [7, 11) is 0. The van der Waals surface area contributed by atoms with Crippen LogP contribution in [-0.2, 0) is 19.3 Å². The summed E-state index contributed by atoms with van der Waals surface area (Å²) in [6, 6.07) is 8.09. The second kappa shape index (κ2) is 6.10. The molecule has 7 heteroatoms. The number of carbonyl (C=O) groups is 1. The number of aromatic nitrogens is 3. The minimum atomic E-state index is 0.453. The molecular weight excluding hydrogens is 316 g/mol. The van der Waals surface area contributed by atoms with Gasteiger partial charge in [-0.2, -0.15) is 0 Å². The van der Waals surface area contributed by atoms with E-state index in [9.17, 15) is 4.79 Å². The number of nitrogens with one attached hydrogen (secondary N) is 2. The minimum Gasteiger partial charge on any atom is -0.342 e. The van der Waals surface area contributed by atoms with Gasteiger partial charge in [-0.3, -0.25) is 9.79 Å². The number of para-hydroxylation sites is 1. The van der Waals surface area contributed by atoms with Crippen molar-refractivity contribution in [3.63, 3.8) is 0 Å². The van der Waals surface area contributed by atoms with Crippen LogP contribution in [0.2, 0.25) is 0 Å². The molecule has 0 saturated heterocycles. The largest absolute Gasteiger partial charge is 0.342 e. The molecular formula is C18H18N6O. The van der Waals surface area contributed by atoms with E-state index in [4.69, 9.17) is 5.84 Å². The molecule has 2 aromatic heterocycles. The van der Waals surface area contributed by atoms with E-state index in [1.54, 1.807) is 0 Å². The molecule has 0 atom stereocenters. The number of aliphatic imine (C=N–C) groups is 1. The van der Waals surface area contributed by atoms with Crippen LogP contribution in [-0.4, -0.2) is 26.9 Å². The van der Waals surface area contributed by atoms with Gasteiger partial charge in [-0.05, 0) is 18.1 Å².